The molecule has 0 radical (unpaired) electrons. The van der Waals surface area contributed by atoms with Gasteiger partial charge in [0.1, 0.15) is 5.75 Å². The summed E-state index contributed by atoms with van der Waals surface area (Å²) in [5.41, 5.74) is 3.85. The predicted molar refractivity (Wildman–Crippen MR) is 72.0 cm³/mol. The Labute approximate surface area is 113 Å². The molecule has 4 nitrogen and oxygen atoms in total. The van der Waals surface area contributed by atoms with E-state index in [1.165, 1.54) is 0 Å². The number of aryl methyl sites for hydroxylation is 2. The summed E-state index contributed by atoms with van der Waals surface area (Å²) >= 11 is 0. The fraction of sp³-hybridized carbons (Fsp3) is 0.533. The van der Waals surface area contributed by atoms with Crippen LogP contribution in [0.25, 0.3) is 0 Å². The van der Waals surface area contributed by atoms with E-state index in [0.29, 0.717) is 13.2 Å². The third-order valence-corrected chi connectivity index (χ3v) is 3.97. The lowest BCUT2D eigenvalue weighted by Crippen LogP contribution is -2.49. The monoisotopic (exact) mass is 264 g/mol. The predicted octanol–water partition coefficient (Wildman–Crippen LogP) is 2.36. The van der Waals surface area contributed by atoms with Crippen LogP contribution in [0, 0.1) is 20.8 Å². The van der Waals surface area contributed by atoms with Crippen LogP contribution in [0.4, 0.5) is 0 Å². The summed E-state index contributed by atoms with van der Waals surface area (Å²) in [6.07, 6.45) is 0.0761. The first kappa shape index (κ1) is 13.9. The van der Waals surface area contributed by atoms with Crippen molar-refractivity contribution in [3.63, 3.8) is 0 Å². The van der Waals surface area contributed by atoms with Crippen LogP contribution in [-0.4, -0.2) is 31.4 Å². The first-order valence-electron chi connectivity index (χ1n) is 6.36. The van der Waals surface area contributed by atoms with Crippen molar-refractivity contribution in [2.45, 2.75) is 32.6 Å². The van der Waals surface area contributed by atoms with Crippen LogP contribution >= 0.6 is 0 Å². The summed E-state index contributed by atoms with van der Waals surface area (Å²) in [6.45, 7) is 6.94. The Morgan fingerprint density at radius 1 is 1.37 bits per heavy atom. The van der Waals surface area contributed by atoms with Gasteiger partial charge in [-0.15, -0.1) is 0 Å². The molecule has 1 saturated heterocycles. The lowest BCUT2D eigenvalue weighted by atomic mass is 9.72. The van der Waals surface area contributed by atoms with Gasteiger partial charge in [-0.1, -0.05) is 6.07 Å². The second-order valence-corrected chi connectivity index (χ2v) is 5.39. The zero-order chi connectivity index (χ0) is 14.2. The number of carboxylic acids is 1. The van der Waals surface area contributed by atoms with Crippen molar-refractivity contribution in [1.82, 2.24) is 0 Å². The number of hydrogen-bond acceptors (Lipinski definition) is 3. The van der Waals surface area contributed by atoms with Crippen LogP contribution in [0.3, 0.4) is 0 Å². The highest BCUT2D eigenvalue weighted by atomic mass is 16.5. The van der Waals surface area contributed by atoms with Gasteiger partial charge < -0.3 is 14.6 Å². The molecule has 19 heavy (non-hydrogen) atoms. The molecule has 1 heterocycles. The van der Waals surface area contributed by atoms with Gasteiger partial charge in [-0.05, 0) is 37.5 Å². The summed E-state index contributed by atoms with van der Waals surface area (Å²) in [5.74, 6) is 0.00466. The highest BCUT2D eigenvalue weighted by Gasteiger charge is 2.45. The van der Waals surface area contributed by atoms with Crippen LogP contribution < -0.4 is 4.74 Å². The van der Waals surface area contributed by atoms with E-state index in [0.717, 1.165) is 28.0 Å². The largest absolute Gasteiger partial charge is 0.496 e. The molecule has 0 aliphatic carbocycles. The maximum Gasteiger partial charge on any atom is 0.304 e. The van der Waals surface area contributed by atoms with Crippen molar-refractivity contribution < 1.29 is 19.4 Å². The van der Waals surface area contributed by atoms with Gasteiger partial charge in [-0.2, -0.15) is 0 Å². The fourth-order valence-corrected chi connectivity index (χ4v) is 2.94. The molecule has 0 saturated carbocycles. The van der Waals surface area contributed by atoms with Gasteiger partial charge in [0.05, 0.1) is 32.2 Å². The summed E-state index contributed by atoms with van der Waals surface area (Å²) in [4.78, 5) is 11.1. The molecule has 0 amide bonds. The minimum atomic E-state index is -0.803. The molecule has 1 fully saturated rings. The number of hydrogen-bond donors (Lipinski definition) is 1. The smallest absolute Gasteiger partial charge is 0.304 e. The van der Waals surface area contributed by atoms with Crippen LogP contribution in [0.5, 0.6) is 5.75 Å². The number of carboxylic acid groups (broad SMARTS) is 1. The molecule has 1 N–H and O–H groups in total. The Morgan fingerprint density at radius 2 is 2.00 bits per heavy atom. The Bertz CT molecular complexity index is 515. The first-order chi connectivity index (χ1) is 8.91. The minimum absolute atomic E-state index is 0.0761. The second-order valence-electron chi connectivity index (χ2n) is 5.39. The van der Waals surface area contributed by atoms with E-state index in [-0.39, 0.29) is 6.42 Å². The maximum absolute atomic E-state index is 11.1. The van der Waals surface area contributed by atoms with Crippen molar-refractivity contribution in [3.8, 4) is 5.75 Å². The van der Waals surface area contributed by atoms with Gasteiger partial charge in [0.2, 0.25) is 0 Å². The molecular formula is C15H20O4. The molecule has 4 heteroatoms. The molecular weight excluding hydrogens is 244 g/mol. The van der Waals surface area contributed by atoms with Gasteiger partial charge in [0.15, 0.2) is 0 Å². The van der Waals surface area contributed by atoms with Crippen molar-refractivity contribution in [1.29, 1.82) is 0 Å². The highest BCUT2D eigenvalue weighted by Crippen LogP contribution is 2.44. The van der Waals surface area contributed by atoms with Gasteiger partial charge in [0.25, 0.3) is 0 Å². The SMILES string of the molecule is COc1c(C)c(C)cc(C)c1C1(CC(=O)O)COC1. The molecule has 1 aromatic rings. The Hall–Kier alpha value is -1.55. The summed E-state index contributed by atoms with van der Waals surface area (Å²) in [7, 11) is 1.64. The van der Waals surface area contributed by atoms with Gasteiger partial charge in [-0.3, -0.25) is 4.79 Å². The summed E-state index contributed by atoms with van der Waals surface area (Å²) in [6, 6.07) is 2.09. The number of benzene rings is 1. The highest BCUT2D eigenvalue weighted by molar-refractivity contribution is 5.71. The second kappa shape index (κ2) is 4.85. The van der Waals surface area contributed by atoms with E-state index >= 15 is 0 Å². The van der Waals surface area contributed by atoms with E-state index in [2.05, 4.69) is 6.07 Å². The third-order valence-electron chi connectivity index (χ3n) is 3.97. The van der Waals surface area contributed by atoms with Crippen molar-refractivity contribution in [2.75, 3.05) is 20.3 Å². The van der Waals surface area contributed by atoms with Crippen LogP contribution in [0.15, 0.2) is 6.07 Å². The Kier molecular flexibility index (Phi) is 3.54. The van der Waals surface area contributed by atoms with Crippen molar-refractivity contribution >= 4 is 5.97 Å². The standard InChI is InChI=1S/C15H20O4/c1-9-5-10(2)13(14(18-4)11(9)3)15(6-12(16)17)7-19-8-15/h5H,6-8H2,1-4H3,(H,16,17). The number of carbonyl (C=O) groups is 1. The van der Waals surface area contributed by atoms with E-state index in [4.69, 9.17) is 14.6 Å². The molecule has 104 valence electrons. The van der Waals surface area contributed by atoms with Gasteiger partial charge in [-0.25, -0.2) is 0 Å². The molecule has 0 bridgehead atoms. The average Bonchev–Trinajstić information content (AvgIpc) is 2.28. The van der Waals surface area contributed by atoms with Crippen LogP contribution in [-0.2, 0) is 14.9 Å². The molecule has 0 unspecified atom stereocenters. The average molecular weight is 264 g/mol. The number of methoxy groups -OCH3 is 1. The van der Waals surface area contributed by atoms with Crippen LogP contribution in [0.1, 0.15) is 28.7 Å². The molecule has 0 spiro atoms. The third kappa shape index (κ3) is 2.21. The molecule has 0 atom stereocenters. The molecule has 2 rings (SSSR count). The number of rotatable bonds is 4. The normalized spacial score (nSPS) is 16.8. The number of ether oxygens (including phenoxy) is 2. The maximum atomic E-state index is 11.1. The van der Waals surface area contributed by atoms with Gasteiger partial charge >= 0.3 is 5.97 Å². The zero-order valence-corrected chi connectivity index (χ0v) is 11.9. The molecule has 0 aromatic heterocycles. The van der Waals surface area contributed by atoms with Gasteiger partial charge in [0, 0.05) is 5.56 Å². The Balaban J connectivity index is 2.60. The van der Waals surface area contributed by atoms with E-state index in [1.807, 2.05) is 20.8 Å². The summed E-state index contributed by atoms with van der Waals surface area (Å²) < 4.78 is 10.9. The lowest BCUT2D eigenvalue weighted by Gasteiger charge is -2.42. The molecule has 1 aliphatic heterocycles. The fourth-order valence-electron chi connectivity index (χ4n) is 2.94. The summed E-state index contributed by atoms with van der Waals surface area (Å²) in [5, 5.41) is 9.16. The molecule has 1 aliphatic rings. The van der Waals surface area contributed by atoms with Crippen LogP contribution in [0.2, 0.25) is 0 Å². The van der Waals surface area contributed by atoms with Crippen molar-refractivity contribution in [2.24, 2.45) is 0 Å². The minimum Gasteiger partial charge on any atom is -0.496 e. The Morgan fingerprint density at radius 3 is 2.42 bits per heavy atom. The quantitative estimate of drug-likeness (QED) is 0.907. The first-order valence-corrected chi connectivity index (χ1v) is 6.36. The van der Waals surface area contributed by atoms with E-state index in [9.17, 15) is 4.79 Å². The topological polar surface area (TPSA) is 55.8 Å². The zero-order valence-electron chi connectivity index (χ0n) is 11.9. The number of aliphatic carboxylic acids is 1. The van der Waals surface area contributed by atoms with E-state index in [1.54, 1.807) is 7.11 Å². The molecule has 1 aromatic carbocycles. The lowest BCUT2D eigenvalue weighted by molar-refractivity contribution is -0.145. The van der Waals surface area contributed by atoms with E-state index < -0.39 is 11.4 Å². The van der Waals surface area contributed by atoms with Crippen molar-refractivity contribution in [3.05, 3.63) is 28.3 Å².